The first-order chi connectivity index (χ1) is 19.0. The molecule has 0 spiro atoms. The largest absolute Gasteiger partial charge is 0.456 e. The van der Waals surface area contributed by atoms with Crippen molar-refractivity contribution < 1.29 is 24.5 Å². The summed E-state index contributed by atoms with van der Waals surface area (Å²) in [6.07, 6.45) is 14.6. The first-order valence-corrected chi connectivity index (χ1v) is 15.4. The highest BCUT2D eigenvalue weighted by Crippen LogP contribution is 2.40. The van der Waals surface area contributed by atoms with E-state index in [-0.39, 0.29) is 11.6 Å². The summed E-state index contributed by atoms with van der Waals surface area (Å²) in [6, 6.07) is 7.64. The number of hydrogen-bond acceptors (Lipinski definition) is 5. The molecule has 0 heterocycles. The summed E-state index contributed by atoms with van der Waals surface area (Å²) in [4.78, 5) is 26.0. The van der Waals surface area contributed by atoms with Gasteiger partial charge in [0.1, 0.15) is 23.7 Å². The average Bonchev–Trinajstić information content (AvgIpc) is 3.40. The van der Waals surface area contributed by atoms with Crippen LogP contribution < -0.4 is 4.74 Å². The third kappa shape index (κ3) is 6.99. The molecule has 0 radical (unpaired) electrons. The van der Waals surface area contributed by atoms with Gasteiger partial charge in [-0.2, -0.15) is 0 Å². The molecule has 5 heteroatoms. The quantitative estimate of drug-likeness (QED) is 0.218. The highest BCUT2D eigenvalue weighted by Gasteiger charge is 2.36. The Hall–Kier alpha value is -2.50. The van der Waals surface area contributed by atoms with Crippen molar-refractivity contribution in [1.29, 1.82) is 0 Å². The van der Waals surface area contributed by atoms with E-state index < -0.39 is 12.2 Å². The molecule has 5 nitrogen and oxygen atoms in total. The van der Waals surface area contributed by atoms with Gasteiger partial charge < -0.3 is 14.9 Å². The van der Waals surface area contributed by atoms with Crippen LogP contribution in [0, 0.1) is 0 Å². The number of carbonyl (C=O) groups excluding carboxylic acids is 2. The van der Waals surface area contributed by atoms with E-state index in [2.05, 4.69) is 13.8 Å². The molecule has 39 heavy (non-hydrogen) atoms. The zero-order valence-corrected chi connectivity index (χ0v) is 23.9. The van der Waals surface area contributed by atoms with E-state index in [1.54, 1.807) is 0 Å². The minimum absolute atomic E-state index is 0.309. The number of hydrogen-bond donors (Lipinski definition) is 2. The molecule has 2 aliphatic rings. The SMILES string of the molecule is CCCCCCCCc1ccc(Oc2ccc(CCCCCCCC)c3c2C(=O)C(O)C3)c2c1CC(O)C2=O. The van der Waals surface area contributed by atoms with Crippen molar-refractivity contribution in [3.05, 3.63) is 57.6 Å². The lowest BCUT2D eigenvalue weighted by atomic mass is 9.96. The van der Waals surface area contributed by atoms with Crippen molar-refractivity contribution in [2.75, 3.05) is 0 Å². The Morgan fingerprint density at radius 1 is 0.615 bits per heavy atom. The number of aliphatic hydroxyl groups is 2. The number of aryl methyl sites for hydroxylation is 2. The number of ketones is 2. The molecule has 212 valence electrons. The summed E-state index contributed by atoms with van der Waals surface area (Å²) >= 11 is 0. The third-order valence-corrected chi connectivity index (χ3v) is 8.46. The van der Waals surface area contributed by atoms with Crippen molar-refractivity contribution in [2.24, 2.45) is 0 Å². The lowest BCUT2D eigenvalue weighted by Crippen LogP contribution is -2.15. The maximum absolute atomic E-state index is 13.0. The zero-order chi connectivity index (χ0) is 27.8. The van der Waals surface area contributed by atoms with E-state index in [4.69, 9.17) is 4.74 Å². The Labute approximate surface area is 234 Å². The number of Topliss-reactive ketones (excluding diaryl/α,β-unsaturated/α-hetero) is 2. The smallest absolute Gasteiger partial charge is 0.195 e. The molecule has 2 aromatic rings. The van der Waals surface area contributed by atoms with Gasteiger partial charge in [0.25, 0.3) is 0 Å². The number of rotatable bonds is 16. The standard InChI is InChI=1S/C34H46O5/c1-3-5-7-9-11-13-15-23-17-19-29(31-25(23)21-27(35)33(31)37)39-30-20-18-24(16-14-12-10-8-6-4-2)26-22-28(36)34(38)32(26)30/h17-20,27-28,35-36H,3-16,21-22H2,1-2H3. The van der Waals surface area contributed by atoms with Crippen molar-refractivity contribution in [3.63, 3.8) is 0 Å². The topological polar surface area (TPSA) is 83.8 Å². The lowest BCUT2D eigenvalue weighted by Gasteiger charge is -2.16. The number of ether oxygens (including phenoxy) is 1. The van der Waals surface area contributed by atoms with Crippen LogP contribution in [0.25, 0.3) is 0 Å². The number of aliphatic hydroxyl groups excluding tert-OH is 2. The third-order valence-electron chi connectivity index (χ3n) is 8.46. The molecule has 0 saturated carbocycles. The highest BCUT2D eigenvalue weighted by molar-refractivity contribution is 6.08. The van der Waals surface area contributed by atoms with Gasteiger partial charge in [-0.05, 0) is 60.1 Å². The number of carbonyl (C=O) groups is 2. The fourth-order valence-electron chi connectivity index (χ4n) is 6.20. The van der Waals surface area contributed by atoms with E-state index in [9.17, 15) is 19.8 Å². The summed E-state index contributed by atoms with van der Waals surface area (Å²) < 4.78 is 6.29. The Bertz CT molecular complexity index is 1060. The van der Waals surface area contributed by atoms with Gasteiger partial charge in [0.2, 0.25) is 0 Å². The molecule has 4 rings (SSSR count). The monoisotopic (exact) mass is 534 g/mol. The van der Waals surface area contributed by atoms with Gasteiger partial charge in [-0.3, -0.25) is 9.59 Å². The second-order valence-electron chi connectivity index (χ2n) is 11.5. The van der Waals surface area contributed by atoms with Gasteiger partial charge in [-0.25, -0.2) is 0 Å². The molecule has 0 amide bonds. The second-order valence-corrected chi connectivity index (χ2v) is 11.5. The summed E-state index contributed by atoms with van der Waals surface area (Å²) in [7, 11) is 0. The first-order valence-electron chi connectivity index (χ1n) is 15.4. The Kier molecular flexibility index (Phi) is 10.8. The fraction of sp³-hybridized carbons (Fsp3) is 0.588. The van der Waals surface area contributed by atoms with Crippen molar-refractivity contribution >= 4 is 11.6 Å². The zero-order valence-electron chi connectivity index (χ0n) is 23.9. The van der Waals surface area contributed by atoms with E-state index >= 15 is 0 Å². The fourth-order valence-corrected chi connectivity index (χ4v) is 6.20. The van der Waals surface area contributed by atoms with Gasteiger partial charge in [-0.1, -0.05) is 90.2 Å². The normalized spacial score (nSPS) is 18.1. The number of benzene rings is 2. The summed E-state index contributed by atoms with van der Waals surface area (Å²) in [5, 5.41) is 20.9. The van der Waals surface area contributed by atoms with E-state index in [0.29, 0.717) is 35.5 Å². The van der Waals surface area contributed by atoms with E-state index in [1.165, 1.54) is 51.4 Å². The second kappa shape index (κ2) is 14.2. The molecule has 0 bridgehead atoms. The number of fused-ring (bicyclic) bond motifs is 2. The van der Waals surface area contributed by atoms with Crippen LogP contribution in [0.2, 0.25) is 0 Å². The van der Waals surface area contributed by atoms with Gasteiger partial charge in [0.15, 0.2) is 11.6 Å². The number of unbranched alkanes of at least 4 members (excludes halogenated alkanes) is 10. The molecule has 0 aromatic heterocycles. The summed E-state index contributed by atoms with van der Waals surface area (Å²) in [5.41, 5.74) is 4.85. The summed E-state index contributed by atoms with van der Waals surface area (Å²) in [5.74, 6) is 0.150. The van der Waals surface area contributed by atoms with Gasteiger partial charge in [-0.15, -0.1) is 0 Å². The lowest BCUT2D eigenvalue weighted by molar-refractivity contribution is 0.0777. The van der Waals surface area contributed by atoms with Crippen LogP contribution in [-0.4, -0.2) is 34.0 Å². The van der Waals surface area contributed by atoms with Crippen LogP contribution in [0.5, 0.6) is 11.5 Å². The molecule has 2 N–H and O–H groups in total. The Balaban J connectivity index is 1.52. The molecular weight excluding hydrogens is 488 g/mol. The van der Waals surface area contributed by atoms with Crippen molar-refractivity contribution in [2.45, 2.75) is 129 Å². The molecule has 2 aromatic carbocycles. The highest BCUT2D eigenvalue weighted by atomic mass is 16.5. The predicted molar refractivity (Wildman–Crippen MR) is 155 cm³/mol. The maximum Gasteiger partial charge on any atom is 0.195 e. The van der Waals surface area contributed by atoms with Crippen LogP contribution in [0.15, 0.2) is 24.3 Å². The van der Waals surface area contributed by atoms with Gasteiger partial charge >= 0.3 is 0 Å². The molecule has 2 aliphatic carbocycles. The first kappa shape index (κ1) is 29.5. The molecule has 0 fully saturated rings. The van der Waals surface area contributed by atoms with Crippen molar-refractivity contribution in [1.82, 2.24) is 0 Å². The van der Waals surface area contributed by atoms with Crippen LogP contribution >= 0.6 is 0 Å². The molecule has 0 aliphatic heterocycles. The van der Waals surface area contributed by atoms with E-state index in [0.717, 1.165) is 60.8 Å². The Morgan fingerprint density at radius 2 is 1.00 bits per heavy atom. The minimum Gasteiger partial charge on any atom is -0.456 e. The van der Waals surface area contributed by atoms with Gasteiger partial charge in [0.05, 0.1) is 11.1 Å². The average molecular weight is 535 g/mol. The molecule has 2 unspecified atom stereocenters. The van der Waals surface area contributed by atoms with Crippen LogP contribution in [0.4, 0.5) is 0 Å². The van der Waals surface area contributed by atoms with Crippen molar-refractivity contribution in [3.8, 4) is 11.5 Å². The minimum atomic E-state index is -1.05. The van der Waals surface area contributed by atoms with E-state index in [1.807, 2.05) is 24.3 Å². The molecule has 2 atom stereocenters. The molecule has 0 saturated heterocycles. The van der Waals surface area contributed by atoms with Crippen LogP contribution in [-0.2, 0) is 25.7 Å². The maximum atomic E-state index is 13.0. The summed E-state index contributed by atoms with van der Waals surface area (Å²) in [6.45, 7) is 4.43. The van der Waals surface area contributed by atoms with Crippen LogP contribution in [0.1, 0.15) is 134 Å². The predicted octanol–water partition coefficient (Wildman–Crippen LogP) is 7.48. The van der Waals surface area contributed by atoms with Gasteiger partial charge in [0, 0.05) is 12.8 Å². The van der Waals surface area contributed by atoms with Crippen LogP contribution in [0.3, 0.4) is 0 Å². The molecular formula is C34H46O5. The Morgan fingerprint density at radius 3 is 1.41 bits per heavy atom.